The van der Waals surface area contributed by atoms with Crippen molar-refractivity contribution in [2.45, 2.75) is 71.4 Å². The van der Waals surface area contributed by atoms with Gasteiger partial charge < -0.3 is 8.85 Å². The van der Waals surface area contributed by atoms with Gasteiger partial charge in [0.05, 0.1) is 0 Å². The lowest BCUT2D eigenvalue weighted by Crippen LogP contribution is -2.49. The zero-order valence-electron chi connectivity index (χ0n) is 13.3. The molecule has 112 valence electrons. The SMILES string of the molecule is CCO[Si](CCC(C)C)(OCC)C1CC2CCC1C2. The maximum Gasteiger partial charge on any atom is 0.341 e. The van der Waals surface area contributed by atoms with Crippen LogP contribution in [0, 0.1) is 17.8 Å². The first kappa shape index (κ1) is 15.5. The van der Waals surface area contributed by atoms with Gasteiger partial charge in [0, 0.05) is 18.8 Å². The Hall–Kier alpha value is 0.137. The van der Waals surface area contributed by atoms with Gasteiger partial charge in [-0.25, -0.2) is 0 Å². The van der Waals surface area contributed by atoms with E-state index < -0.39 is 8.56 Å². The van der Waals surface area contributed by atoms with E-state index >= 15 is 0 Å². The molecule has 2 saturated carbocycles. The van der Waals surface area contributed by atoms with Crippen molar-refractivity contribution >= 4 is 8.56 Å². The Kier molecular flexibility index (Phi) is 5.50. The molecule has 2 bridgehead atoms. The van der Waals surface area contributed by atoms with E-state index in [0.717, 1.165) is 36.5 Å². The molecule has 0 radical (unpaired) electrons. The van der Waals surface area contributed by atoms with Crippen LogP contribution in [-0.4, -0.2) is 21.8 Å². The van der Waals surface area contributed by atoms with Crippen LogP contribution >= 0.6 is 0 Å². The summed E-state index contributed by atoms with van der Waals surface area (Å²) < 4.78 is 12.7. The van der Waals surface area contributed by atoms with Crippen LogP contribution < -0.4 is 0 Å². The minimum Gasteiger partial charge on any atom is -0.394 e. The fraction of sp³-hybridized carbons (Fsp3) is 1.00. The summed E-state index contributed by atoms with van der Waals surface area (Å²) in [6.07, 6.45) is 7.02. The first-order chi connectivity index (χ1) is 9.11. The average molecular weight is 285 g/mol. The number of fused-ring (bicyclic) bond motifs is 2. The van der Waals surface area contributed by atoms with E-state index in [9.17, 15) is 0 Å². The molecular weight excluding hydrogens is 252 g/mol. The first-order valence-electron chi connectivity index (χ1n) is 8.39. The molecule has 0 aromatic heterocycles. The summed E-state index contributed by atoms with van der Waals surface area (Å²) in [5, 5.41) is 0. The Morgan fingerprint density at radius 1 is 1.05 bits per heavy atom. The standard InChI is InChI=1S/C16H32O2Si/c1-5-17-19(18-6-2,10-9-13(3)4)16-12-14-7-8-15(16)11-14/h13-16H,5-12H2,1-4H3. The molecule has 0 amide bonds. The third kappa shape index (κ3) is 3.42. The molecule has 2 aliphatic rings. The highest BCUT2D eigenvalue weighted by atomic mass is 28.4. The molecule has 19 heavy (non-hydrogen) atoms. The third-order valence-corrected chi connectivity index (χ3v) is 9.53. The number of rotatable bonds is 8. The van der Waals surface area contributed by atoms with Crippen LogP contribution in [-0.2, 0) is 8.85 Å². The van der Waals surface area contributed by atoms with E-state index in [-0.39, 0.29) is 0 Å². The first-order valence-corrected chi connectivity index (χ1v) is 10.5. The maximum absolute atomic E-state index is 6.37. The monoisotopic (exact) mass is 284 g/mol. The highest BCUT2D eigenvalue weighted by Gasteiger charge is 2.54. The molecule has 0 aromatic rings. The summed E-state index contributed by atoms with van der Waals surface area (Å²) in [6.45, 7) is 10.6. The predicted molar refractivity (Wildman–Crippen MR) is 82.5 cm³/mol. The minimum absolute atomic E-state index is 0.756. The van der Waals surface area contributed by atoms with E-state index in [1.54, 1.807) is 0 Å². The summed E-state index contributed by atoms with van der Waals surface area (Å²) in [6, 6.07) is 1.21. The second kappa shape index (κ2) is 6.73. The molecule has 0 heterocycles. The second-order valence-electron chi connectivity index (χ2n) is 6.89. The Bertz CT molecular complexity index is 274. The molecule has 0 aliphatic heterocycles. The summed E-state index contributed by atoms with van der Waals surface area (Å²) in [5.41, 5.74) is 0.782. The zero-order valence-corrected chi connectivity index (χ0v) is 14.3. The van der Waals surface area contributed by atoms with Crippen molar-refractivity contribution in [3.05, 3.63) is 0 Å². The summed E-state index contributed by atoms with van der Waals surface area (Å²) in [5.74, 6) is 2.66. The van der Waals surface area contributed by atoms with Crippen molar-refractivity contribution in [1.29, 1.82) is 0 Å². The van der Waals surface area contributed by atoms with Crippen LogP contribution in [0.1, 0.15) is 59.8 Å². The van der Waals surface area contributed by atoms with Gasteiger partial charge in [0.1, 0.15) is 0 Å². The Labute approximate surface area is 120 Å². The highest BCUT2D eigenvalue weighted by molar-refractivity contribution is 6.69. The number of hydrogen-bond acceptors (Lipinski definition) is 2. The van der Waals surface area contributed by atoms with Crippen LogP contribution in [0.3, 0.4) is 0 Å². The fourth-order valence-corrected chi connectivity index (χ4v) is 9.19. The van der Waals surface area contributed by atoms with Gasteiger partial charge in [0.2, 0.25) is 0 Å². The van der Waals surface area contributed by atoms with Gasteiger partial charge in [-0.05, 0) is 56.9 Å². The van der Waals surface area contributed by atoms with Crippen molar-refractivity contribution in [2.75, 3.05) is 13.2 Å². The Balaban J connectivity index is 2.10. The van der Waals surface area contributed by atoms with Gasteiger partial charge in [-0.1, -0.05) is 26.7 Å². The zero-order chi connectivity index (χ0) is 13.9. The Morgan fingerprint density at radius 2 is 1.74 bits per heavy atom. The molecule has 2 aliphatic carbocycles. The van der Waals surface area contributed by atoms with Gasteiger partial charge in [0.15, 0.2) is 0 Å². The largest absolute Gasteiger partial charge is 0.394 e. The van der Waals surface area contributed by atoms with Crippen LogP contribution in [0.5, 0.6) is 0 Å². The van der Waals surface area contributed by atoms with Gasteiger partial charge in [-0.3, -0.25) is 0 Å². The van der Waals surface area contributed by atoms with Crippen molar-refractivity contribution in [3.63, 3.8) is 0 Å². The van der Waals surface area contributed by atoms with E-state index in [1.165, 1.54) is 38.1 Å². The topological polar surface area (TPSA) is 18.5 Å². The molecular formula is C16H32O2Si. The van der Waals surface area contributed by atoms with E-state index in [1.807, 2.05) is 0 Å². The molecule has 3 heteroatoms. The molecule has 0 spiro atoms. The minimum atomic E-state index is -1.98. The lowest BCUT2D eigenvalue weighted by Gasteiger charge is -2.39. The molecule has 3 unspecified atom stereocenters. The number of hydrogen-bond donors (Lipinski definition) is 0. The van der Waals surface area contributed by atoms with Gasteiger partial charge in [-0.15, -0.1) is 0 Å². The molecule has 0 aromatic carbocycles. The van der Waals surface area contributed by atoms with E-state index in [2.05, 4.69) is 27.7 Å². The lowest BCUT2D eigenvalue weighted by molar-refractivity contribution is 0.159. The van der Waals surface area contributed by atoms with Crippen LogP contribution in [0.4, 0.5) is 0 Å². The molecule has 0 N–H and O–H groups in total. The molecule has 0 saturated heterocycles. The maximum atomic E-state index is 6.37. The normalized spacial score (nSPS) is 30.5. The molecule has 2 rings (SSSR count). The smallest absolute Gasteiger partial charge is 0.341 e. The van der Waals surface area contributed by atoms with Gasteiger partial charge >= 0.3 is 8.56 Å². The second-order valence-corrected chi connectivity index (χ2v) is 10.3. The van der Waals surface area contributed by atoms with Gasteiger partial charge in [-0.2, -0.15) is 0 Å². The summed E-state index contributed by atoms with van der Waals surface area (Å²) in [4.78, 5) is 0. The lowest BCUT2D eigenvalue weighted by atomic mass is 10.0. The molecule has 2 fully saturated rings. The molecule has 3 atom stereocenters. The summed E-state index contributed by atoms with van der Waals surface area (Å²) in [7, 11) is -1.98. The summed E-state index contributed by atoms with van der Waals surface area (Å²) >= 11 is 0. The average Bonchev–Trinajstić information content (AvgIpc) is 2.99. The van der Waals surface area contributed by atoms with Crippen molar-refractivity contribution < 1.29 is 8.85 Å². The van der Waals surface area contributed by atoms with E-state index in [0.29, 0.717) is 0 Å². The van der Waals surface area contributed by atoms with Crippen LogP contribution in [0.15, 0.2) is 0 Å². The quantitative estimate of drug-likeness (QED) is 0.599. The van der Waals surface area contributed by atoms with Crippen LogP contribution in [0.25, 0.3) is 0 Å². The third-order valence-electron chi connectivity index (χ3n) is 5.15. The van der Waals surface area contributed by atoms with Crippen molar-refractivity contribution in [1.82, 2.24) is 0 Å². The van der Waals surface area contributed by atoms with Crippen LogP contribution in [0.2, 0.25) is 11.6 Å². The predicted octanol–water partition coefficient (Wildman–Crippen LogP) is 4.74. The highest BCUT2D eigenvalue weighted by Crippen LogP contribution is 2.56. The Morgan fingerprint density at radius 3 is 2.16 bits per heavy atom. The molecule has 2 nitrogen and oxygen atoms in total. The fourth-order valence-electron chi connectivity index (χ4n) is 4.35. The van der Waals surface area contributed by atoms with Crippen molar-refractivity contribution in [3.8, 4) is 0 Å². The van der Waals surface area contributed by atoms with Gasteiger partial charge in [0.25, 0.3) is 0 Å². The van der Waals surface area contributed by atoms with E-state index in [4.69, 9.17) is 8.85 Å². The van der Waals surface area contributed by atoms with Crippen molar-refractivity contribution in [2.24, 2.45) is 17.8 Å².